The van der Waals surface area contributed by atoms with Crippen molar-refractivity contribution in [2.45, 2.75) is 13.3 Å². The largest absolute Gasteiger partial charge is 0.293 e. The molecule has 0 bridgehead atoms. The summed E-state index contributed by atoms with van der Waals surface area (Å²) in [6, 6.07) is 7.24. The fourth-order valence-electron chi connectivity index (χ4n) is 1.38. The number of nitrogens with zero attached hydrogens (tertiary/aromatic N) is 2. The van der Waals surface area contributed by atoms with Gasteiger partial charge in [0, 0.05) is 6.54 Å². The van der Waals surface area contributed by atoms with Crippen LogP contribution in [0.1, 0.15) is 11.1 Å². The van der Waals surface area contributed by atoms with Crippen LogP contribution in [0, 0.1) is 24.1 Å². The minimum atomic E-state index is -0.163. The van der Waals surface area contributed by atoms with Crippen LogP contribution in [0.3, 0.4) is 0 Å². The SMILES string of the molecule is Cc1cc(CCN(C)CC#N)ccc1F. The molecule has 0 unspecified atom stereocenters. The van der Waals surface area contributed by atoms with Gasteiger partial charge in [0.2, 0.25) is 0 Å². The Hall–Kier alpha value is -1.40. The highest BCUT2D eigenvalue weighted by molar-refractivity contribution is 5.24. The van der Waals surface area contributed by atoms with Crippen LogP contribution in [0.15, 0.2) is 18.2 Å². The monoisotopic (exact) mass is 206 g/mol. The summed E-state index contributed by atoms with van der Waals surface area (Å²) in [5.74, 6) is -0.163. The standard InChI is InChI=1S/C12H15FN2/c1-10-9-11(3-4-12(10)13)5-7-15(2)8-6-14/h3-4,9H,5,7-8H2,1-2H3. The molecule has 1 aromatic rings. The van der Waals surface area contributed by atoms with E-state index < -0.39 is 0 Å². The third-order valence-electron chi connectivity index (χ3n) is 2.35. The van der Waals surface area contributed by atoms with Crippen molar-refractivity contribution in [3.05, 3.63) is 35.1 Å². The van der Waals surface area contributed by atoms with Gasteiger partial charge in [-0.25, -0.2) is 4.39 Å². The van der Waals surface area contributed by atoms with E-state index in [9.17, 15) is 4.39 Å². The zero-order chi connectivity index (χ0) is 11.3. The van der Waals surface area contributed by atoms with Gasteiger partial charge < -0.3 is 0 Å². The molecule has 3 heteroatoms. The van der Waals surface area contributed by atoms with Crippen LogP contribution >= 0.6 is 0 Å². The van der Waals surface area contributed by atoms with Gasteiger partial charge in [-0.3, -0.25) is 4.90 Å². The number of halogens is 1. The van der Waals surface area contributed by atoms with Crippen LogP contribution in [0.5, 0.6) is 0 Å². The van der Waals surface area contributed by atoms with Gasteiger partial charge in [0.15, 0.2) is 0 Å². The zero-order valence-electron chi connectivity index (χ0n) is 9.13. The van der Waals surface area contributed by atoms with Crippen LogP contribution in [0.2, 0.25) is 0 Å². The van der Waals surface area contributed by atoms with E-state index in [1.165, 1.54) is 6.07 Å². The molecule has 0 aliphatic carbocycles. The first-order valence-electron chi connectivity index (χ1n) is 4.94. The quantitative estimate of drug-likeness (QED) is 0.706. The molecule has 0 amide bonds. The summed E-state index contributed by atoms with van der Waals surface area (Å²) < 4.78 is 13.0. The first-order chi connectivity index (χ1) is 7.13. The van der Waals surface area contributed by atoms with Gasteiger partial charge in [0.05, 0.1) is 12.6 Å². The van der Waals surface area contributed by atoms with Crippen molar-refractivity contribution >= 4 is 0 Å². The fraction of sp³-hybridized carbons (Fsp3) is 0.417. The lowest BCUT2D eigenvalue weighted by Crippen LogP contribution is -2.21. The maximum atomic E-state index is 13.0. The van der Waals surface area contributed by atoms with Crippen molar-refractivity contribution in [1.29, 1.82) is 5.26 Å². The number of benzene rings is 1. The smallest absolute Gasteiger partial charge is 0.126 e. The third-order valence-corrected chi connectivity index (χ3v) is 2.35. The Morgan fingerprint density at radius 1 is 1.47 bits per heavy atom. The molecule has 0 radical (unpaired) electrons. The Morgan fingerprint density at radius 3 is 2.80 bits per heavy atom. The Balaban J connectivity index is 2.51. The summed E-state index contributed by atoms with van der Waals surface area (Å²) in [6.07, 6.45) is 0.847. The predicted octanol–water partition coefficient (Wildman–Crippen LogP) is 2.13. The van der Waals surface area contributed by atoms with Gasteiger partial charge in [0.25, 0.3) is 0 Å². The molecule has 0 aliphatic rings. The van der Waals surface area contributed by atoms with Crippen molar-refractivity contribution in [3.8, 4) is 6.07 Å². The number of hydrogen-bond acceptors (Lipinski definition) is 2. The first kappa shape index (κ1) is 11.7. The minimum absolute atomic E-state index is 0.163. The summed E-state index contributed by atoms with van der Waals surface area (Å²) in [7, 11) is 1.90. The van der Waals surface area contributed by atoms with Gasteiger partial charge in [-0.15, -0.1) is 0 Å². The van der Waals surface area contributed by atoms with E-state index >= 15 is 0 Å². The van der Waals surface area contributed by atoms with Crippen molar-refractivity contribution in [3.63, 3.8) is 0 Å². The van der Waals surface area contributed by atoms with Crippen molar-refractivity contribution < 1.29 is 4.39 Å². The maximum absolute atomic E-state index is 13.0. The van der Waals surface area contributed by atoms with Gasteiger partial charge >= 0.3 is 0 Å². The van der Waals surface area contributed by atoms with E-state index in [1.807, 2.05) is 18.0 Å². The Bertz CT molecular complexity index is 368. The maximum Gasteiger partial charge on any atom is 0.126 e. The molecule has 0 aromatic heterocycles. The van der Waals surface area contributed by atoms with E-state index in [0.29, 0.717) is 12.1 Å². The number of nitriles is 1. The number of likely N-dealkylation sites (N-methyl/N-ethyl adjacent to an activating group) is 1. The molecule has 1 rings (SSSR count). The summed E-state index contributed by atoms with van der Waals surface area (Å²) in [5.41, 5.74) is 1.79. The Labute approximate surface area is 89.9 Å². The molecule has 15 heavy (non-hydrogen) atoms. The van der Waals surface area contributed by atoms with Crippen LogP contribution in [0.25, 0.3) is 0 Å². The molecular weight excluding hydrogens is 191 g/mol. The molecule has 0 atom stereocenters. The molecule has 0 fully saturated rings. The molecule has 80 valence electrons. The van der Waals surface area contributed by atoms with Crippen molar-refractivity contribution in [2.75, 3.05) is 20.1 Å². The van der Waals surface area contributed by atoms with Crippen molar-refractivity contribution in [1.82, 2.24) is 4.90 Å². The molecule has 0 saturated heterocycles. The molecule has 2 nitrogen and oxygen atoms in total. The topological polar surface area (TPSA) is 27.0 Å². The van der Waals surface area contributed by atoms with Gasteiger partial charge in [-0.2, -0.15) is 5.26 Å². The molecule has 0 heterocycles. The second-order valence-corrected chi connectivity index (χ2v) is 3.73. The lowest BCUT2D eigenvalue weighted by Gasteiger charge is -2.12. The van der Waals surface area contributed by atoms with Crippen LogP contribution in [-0.2, 0) is 6.42 Å². The molecule has 1 aromatic carbocycles. The average molecular weight is 206 g/mol. The van der Waals surface area contributed by atoms with Crippen LogP contribution in [0.4, 0.5) is 4.39 Å². The molecule has 0 aliphatic heterocycles. The fourth-order valence-corrected chi connectivity index (χ4v) is 1.38. The van der Waals surface area contributed by atoms with E-state index in [4.69, 9.17) is 5.26 Å². The average Bonchev–Trinajstić information content (AvgIpc) is 2.20. The molecule has 0 N–H and O–H groups in total. The summed E-state index contributed by atoms with van der Waals surface area (Å²) >= 11 is 0. The van der Waals surface area contributed by atoms with E-state index in [1.54, 1.807) is 13.0 Å². The summed E-state index contributed by atoms with van der Waals surface area (Å²) in [6.45, 7) is 3.01. The highest BCUT2D eigenvalue weighted by Crippen LogP contribution is 2.09. The van der Waals surface area contributed by atoms with Gasteiger partial charge in [-0.05, 0) is 37.6 Å². The highest BCUT2D eigenvalue weighted by Gasteiger charge is 2.01. The van der Waals surface area contributed by atoms with Crippen molar-refractivity contribution in [2.24, 2.45) is 0 Å². The molecule has 0 spiro atoms. The van der Waals surface area contributed by atoms with Crippen LogP contribution in [-0.4, -0.2) is 25.0 Å². The zero-order valence-corrected chi connectivity index (χ0v) is 9.13. The molecule has 0 saturated carbocycles. The third kappa shape index (κ3) is 3.69. The van der Waals surface area contributed by atoms with E-state index in [-0.39, 0.29) is 5.82 Å². The molecular formula is C12H15FN2. The minimum Gasteiger partial charge on any atom is -0.293 e. The predicted molar refractivity (Wildman–Crippen MR) is 58.0 cm³/mol. The normalized spacial score (nSPS) is 10.3. The number of hydrogen-bond donors (Lipinski definition) is 0. The lowest BCUT2D eigenvalue weighted by molar-refractivity contribution is 0.379. The summed E-state index contributed by atoms with van der Waals surface area (Å²) in [4.78, 5) is 1.94. The van der Waals surface area contributed by atoms with Crippen LogP contribution < -0.4 is 0 Å². The lowest BCUT2D eigenvalue weighted by atomic mass is 10.1. The van der Waals surface area contributed by atoms with E-state index in [0.717, 1.165) is 18.5 Å². The Morgan fingerprint density at radius 2 is 2.20 bits per heavy atom. The highest BCUT2D eigenvalue weighted by atomic mass is 19.1. The van der Waals surface area contributed by atoms with Gasteiger partial charge in [-0.1, -0.05) is 12.1 Å². The van der Waals surface area contributed by atoms with Gasteiger partial charge in [0.1, 0.15) is 5.82 Å². The second-order valence-electron chi connectivity index (χ2n) is 3.73. The second kappa shape index (κ2) is 5.47. The number of rotatable bonds is 4. The summed E-state index contributed by atoms with van der Waals surface area (Å²) in [5, 5.41) is 8.47. The Kier molecular flexibility index (Phi) is 4.26. The number of aryl methyl sites for hydroxylation is 1. The first-order valence-corrected chi connectivity index (χ1v) is 4.94. The van der Waals surface area contributed by atoms with E-state index in [2.05, 4.69) is 6.07 Å².